The molecule has 0 aromatic heterocycles. The Morgan fingerprint density at radius 1 is 1.14 bits per heavy atom. The lowest BCUT2D eigenvalue weighted by Gasteiger charge is -2.10. The van der Waals surface area contributed by atoms with Gasteiger partial charge in [-0.05, 0) is 42.2 Å². The average molecular weight is 298 g/mol. The highest BCUT2D eigenvalue weighted by atomic mass is 16.5. The number of benzene rings is 2. The van der Waals surface area contributed by atoms with Crippen LogP contribution in [0.3, 0.4) is 0 Å². The highest BCUT2D eigenvalue weighted by Crippen LogP contribution is 2.29. The van der Waals surface area contributed by atoms with Crippen LogP contribution in [0.4, 0.5) is 0 Å². The minimum Gasteiger partial charge on any atom is -0.504 e. The van der Waals surface area contributed by atoms with Gasteiger partial charge in [-0.25, -0.2) is 4.79 Å². The molecule has 0 bridgehead atoms. The van der Waals surface area contributed by atoms with Crippen molar-refractivity contribution < 1.29 is 19.7 Å². The SMILES string of the molecule is C[C@@H](C/C=C/C(=O)Oc1ccccc1)c1ccc(O)c(O)c1. The molecule has 0 radical (unpaired) electrons. The maximum absolute atomic E-state index is 11.6. The van der Waals surface area contributed by atoms with E-state index in [-0.39, 0.29) is 17.4 Å². The van der Waals surface area contributed by atoms with E-state index < -0.39 is 5.97 Å². The number of hydrogen-bond donors (Lipinski definition) is 2. The van der Waals surface area contributed by atoms with Crippen LogP contribution in [0.1, 0.15) is 24.8 Å². The van der Waals surface area contributed by atoms with Gasteiger partial charge in [-0.3, -0.25) is 0 Å². The van der Waals surface area contributed by atoms with Crippen LogP contribution in [0.15, 0.2) is 60.7 Å². The first-order valence-electron chi connectivity index (χ1n) is 7.01. The molecule has 2 aromatic carbocycles. The standard InChI is InChI=1S/C18H18O4/c1-13(14-10-11-16(19)17(20)12-14)6-5-9-18(21)22-15-7-3-2-4-8-15/h2-5,7-13,19-20H,6H2,1H3/b9-5+/t13-/m0/s1. The molecule has 2 rings (SSSR count). The Morgan fingerprint density at radius 2 is 1.86 bits per heavy atom. The molecule has 0 aliphatic heterocycles. The highest BCUT2D eigenvalue weighted by molar-refractivity contribution is 5.83. The average Bonchev–Trinajstić information content (AvgIpc) is 2.51. The molecule has 0 spiro atoms. The smallest absolute Gasteiger partial charge is 0.335 e. The maximum atomic E-state index is 11.6. The second-order valence-electron chi connectivity index (χ2n) is 5.02. The fourth-order valence-electron chi connectivity index (χ4n) is 1.99. The zero-order valence-electron chi connectivity index (χ0n) is 12.3. The van der Waals surface area contributed by atoms with Crippen LogP contribution >= 0.6 is 0 Å². The number of esters is 1. The van der Waals surface area contributed by atoms with Crippen LogP contribution in [0.5, 0.6) is 17.2 Å². The number of para-hydroxylation sites is 1. The van der Waals surface area contributed by atoms with Crippen molar-refractivity contribution in [3.63, 3.8) is 0 Å². The van der Waals surface area contributed by atoms with Crippen LogP contribution in [-0.4, -0.2) is 16.2 Å². The van der Waals surface area contributed by atoms with Crippen LogP contribution < -0.4 is 4.74 Å². The topological polar surface area (TPSA) is 66.8 Å². The second kappa shape index (κ2) is 7.31. The summed E-state index contributed by atoms with van der Waals surface area (Å²) in [6.07, 6.45) is 3.75. The molecule has 2 aromatic rings. The first-order valence-corrected chi connectivity index (χ1v) is 7.01. The zero-order chi connectivity index (χ0) is 15.9. The molecule has 2 N–H and O–H groups in total. The highest BCUT2D eigenvalue weighted by Gasteiger charge is 2.07. The van der Waals surface area contributed by atoms with Crippen molar-refractivity contribution in [2.24, 2.45) is 0 Å². The molecule has 4 heteroatoms. The molecule has 0 amide bonds. The van der Waals surface area contributed by atoms with Gasteiger partial charge in [0, 0.05) is 6.08 Å². The van der Waals surface area contributed by atoms with Gasteiger partial charge >= 0.3 is 5.97 Å². The van der Waals surface area contributed by atoms with Crippen LogP contribution in [0.25, 0.3) is 0 Å². The van der Waals surface area contributed by atoms with E-state index >= 15 is 0 Å². The number of phenols is 2. The van der Waals surface area contributed by atoms with Gasteiger partial charge in [0.1, 0.15) is 5.75 Å². The molecular formula is C18H18O4. The predicted molar refractivity (Wildman–Crippen MR) is 84.0 cm³/mol. The van der Waals surface area contributed by atoms with Gasteiger partial charge in [0.2, 0.25) is 0 Å². The number of allylic oxidation sites excluding steroid dienone is 1. The molecule has 0 aliphatic carbocycles. The third-order valence-corrected chi connectivity index (χ3v) is 3.27. The second-order valence-corrected chi connectivity index (χ2v) is 5.02. The lowest BCUT2D eigenvalue weighted by molar-refractivity contribution is -0.129. The van der Waals surface area contributed by atoms with Crippen molar-refractivity contribution in [1.82, 2.24) is 0 Å². The van der Waals surface area contributed by atoms with E-state index in [2.05, 4.69) is 0 Å². The Balaban J connectivity index is 1.88. The number of phenolic OH excluding ortho intramolecular Hbond substituents is 2. The molecule has 0 heterocycles. The molecule has 0 unspecified atom stereocenters. The van der Waals surface area contributed by atoms with Gasteiger partial charge in [0.05, 0.1) is 0 Å². The number of hydrogen-bond acceptors (Lipinski definition) is 4. The summed E-state index contributed by atoms with van der Waals surface area (Å²) in [6, 6.07) is 13.6. The van der Waals surface area contributed by atoms with Crippen LogP contribution in [-0.2, 0) is 4.79 Å². The van der Waals surface area contributed by atoms with Crippen molar-refractivity contribution in [2.45, 2.75) is 19.3 Å². The van der Waals surface area contributed by atoms with E-state index in [1.165, 1.54) is 18.2 Å². The molecule has 22 heavy (non-hydrogen) atoms. The Morgan fingerprint density at radius 3 is 2.55 bits per heavy atom. The van der Waals surface area contributed by atoms with Crippen molar-refractivity contribution in [1.29, 1.82) is 0 Å². The minimum absolute atomic E-state index is 0.104. The summed E-state index contributed by atoms with van der Waals surface area (Å²) in [7, 11) is 0. The number of ether oxygens (including phenoxy) is 1. The third kappa shape index (κ3) is 4.38. The number of carbonyl (C=O) groups is 1. The Hall–Kier alpha value is -2.75. The lowest BCUT2D eigenvalue weighted by Crippen LogP contribution is -2.03. The van der Waals surface area contributed by atoms with Crippen LogP contribution in [0, 0.1) is 0 Å². The summed E-state index contributed by atoms with van der Waals surface area (Å²) < 4.78 is 5.14. The van der Waals surface area contributed by atoms with E-state index in [0.717, 1.165) is 5.56 Å². The Labute approximate surface area is 129 Å². The molecular weight excluding hydrogens is 280 g/mol. The molecule has 1 atom stereocenters. The summed E-state index contributed by atoms with van der Waals surface area (Å²) in [5.41, 5.74) is 0.886. The van der Waals surface area contributed by atoms with E-state index in [1.807, 2.05) is 13.0 Å². The molecule has 114 valence electrons. The monoisotopic (exact) mass is 298 g/mol. The summed E-state index contributed by atoms with van der Waals surface area (Å²) in [5, 5.41) is 18.8. The fourth-order valence-corrected chi connectivity index (χ4v) is 1.99. The first-order chi connectivity index (χ1) is 10.6. The van der Waals surface area contributed by atoms with Gasteiger partial charge in [-0.2, -0.15) is 0 Å². The largest absolute Gasteiger partial charge is 0.504 e. The van der Waals surface area contributed by atoms with E-state index in [1.54, 1.807) is 36.4 Å². The van der Waals surface area contributed by atoms with E-state index in [9.17, 15) is 15.0 Å². The molecule has 0 aliphatic rings. The van der Waals surface area contributed by atoms with Gasteiger partial charge in [-0.15, -0.1) is 0 Å². The molecule has 0 saturated heterocycles. The molecule has 0 fully saturated rings. The van der Waals surface area contributed by atoms with Gasteiger partial charge < -0.3 is 14.9 Å². The van der Waals surface area contributed by atoms with E-state index in [0.29, 0.717) is 12.2 Å². The van der Waals surface area contributed by atoms with Crippen molar-refractivity contribution in [3.05, 3.63) is 66.2 Å². The van der Waals surface area contributed by atoms with Crippen LogP contribution in [0.2, 0.25) is 0 Å². The normalized spacial score (nSPS) is 12.2. The van der Waals surface area contributed by atoms with Crippen molar-refractivity contribution in [3.8, 4) is 17.2 Å². The van der Waals surface area contributed by atoms with E-state index in [4.69, 9.17) is 4.74 Å². The lowest BCUT2D eigenvalue weighted by atomic mass is 9.97. The summed E-state index contributed by atoms with van der Waals surface area (Å²) in [4.78, 5) is 11.6. The third-order valence-electron chi connectivity index (χ3n) is 3.27. The number of aromatic hydroxyl groups is 2. The summed E-state index contributed by atoms with van der Waals surface area (Å²) in [6.45, 7) is 1.97. The first kappa shape index (κ1) is 15.6. The maximum Gasteiger partial charge on any atom is 0.335 e. The Bertz CT molecular complexity index is 662. The van der Waals surface area contributed by atoms with Gasteiger partial charge in [0.25, 0.3) is 0 Å². The number of carbonyl (C=O) groups excluding carboxylic acids is 1. The summed E-state index contributed by atoms with van der Waals surface area (Å²) >= 11 is 0. The predicted octanol–water partition coefficient (Wildman–Crippen LogP) is 3.75. The Kier molecular flexibility index (Phi) is 5.20. The molecule has 4 nitrogen and oxygen atoms in total. The fraction of sp³-hybridized carbons (Fsp3) is 0.167. The molecule has 0 saturated carbocycles. The number of rotatable bonds is 5. The van der Waals surface area contributed by atoms with Gasteiger partial charge in [0.15, 0.2) is 11.5 Å². The zero-order valence-corrected chi connectivity index (χ0v) is 12.3. The minimum atomic E-state index is -0.424. The van der Waals surface area contributed by atoms with Crippen molar-refractivity contribution in [2.75, 3.05) is 0 Å². The van der Waals surface area contributed by atoms with Gasteiger partial charge in [-0.1, -0.05) is 37.3 Å². The quantitative estimate of drug-likeness (QED) is 0.382. The van der Waals surface area contributed by atoms with Crippen molar-refractivity contribution >= 4 is 5.97 Å². The summed E-state index contributed by atoms with van der Waals surface area (Å²) in [5.74, 6) is -0.0948.